The van der Waals surface area contributed by atoms with Crippen LogP contribution in [-0.2, 0) is 9.59 Å². The summed E-state index contributed by atoms with van der Waals surface area (Å²) in [5.74, 6) is 0.587. The van der Waals surface area contributed by atoms with Crippen molar-refractivity contribution in [3.63, 3.8) is 0 Å². The summed E-state index contributed by atoms with van der Waals surface area (Å²) < 4.78 is 10.6. The SMILES string of the molecule is CCCN(CC(=O)Nc1cc(Cl)ccc1Cl)C(=O)COc1ccc(OC)cc1. The highest BCUT2D eigenvalue weighted by molar-refractivity contribution is 6.35. The first-order valence-electron chi connectivity index (χ1n) is 8.72. The van der Waals surface area contributed by atoms with Crippen LogP contribution in [0.1, 0.15) is 13.3 Å². The van der Waals surface area contributed by atoms with Crippen LogP contribution in [0.2, 0.25) is 10.0 Å². The Labute approximate surface area is 174 Å². The van der Waals surface area contributed by atoms with Gasteiger partial charge in [0.25, 0.3) is 5.91 Å². The van der Waals surface area contributed by atoms with Crippen molar-refractivity contribution >= 4 is 40.7 Å². The second-order valence-electron chi connectivity index (χ2n) is 5.95. The van der Waals surface area contributed by atoms with Crippen molar-refractivity contribution in [2.45, 2.75) is 13.3 Å². The number of hydrogen-bond acceptors (Lipinski definition) is 4. The molecular weight excluding hydrogens is 403 g/mol. The van der Waals surface area contributed by atoms with Crippen molar-refractivity contribution in [3.8, 4) is 11.5 Å². The molecule has 0 saturated carbocycles. The molecule has 1 N–H and O–H groups in total. The summed E-state index contributed by atoms with van der Waals surface area (Å²) in [5, 5.41) is 3.50. The van der Waals surface area contributed by atoms with E-state index in [1.54, 1.807) is 49.6 Å². The van der Waals surface area contributed by atoms with Crippen LogP contribution in [-0.4, -0.2) is 43.5 Å². The van der Waals surface area contributed by atoms with Gasteiger partial charge in [0.15, 0.2) is 6.61 Å². The number of amides is 2. The van der Waals surface area contributed by atoms with Crippen molar-refractivity contribution in [1.82, 2.24) is 4.90 Å². The molecule has 0 aromatic heterocycles. The molecule has 0 spiro atoms. The summed E-state index contributed by atoms with van der Waals surface area (Å²) in [5.41, 5.74) is 0.401. The molecule has 0 radical (unpaired) electrons. The predicted molar refractivity (Wildman–Crippen MR) is 110 cm³/mol. The molecule has 2 rings (SSSR count). The molecule has 0 aliphatic heterocycles. The summed E-state index contributed by atoms with van der Waals surface area (Å²) in [6.07, 6.45) is 0.708. The van der Waals surface area contributed by atoms with Crippen molar-refractivity contribution in [2.24, 2.45) is 0 Å². The Balaban J connectivity index is 1.93. The van der Waals surface area contributed by atoms with E-state index in [2.05, 4.69) is 5.32 Å². The minimum atomic E-state index is -0.365. The Bertz CT molecular complexity index is 812. The van der Waals surface area contributed by atoms with Gasteiger partial charge in [0.1, 0.15) is 11.5 Å². The number of methoxy groups -OCH3 is 1. The lowest BCUT2D eigenvalue weighted by molar-refractivity contribution is -0.136. The molecule has 0 aliphatic rings. The first-order chi connectivity index (χ1) is 13.4. The Morgan fingerprint density at radius 2 is 1.75 bits per heavy atom. The monoisotopic (exact) mass is 424 g/mol. The number of nitrogens with one attached hydrogen (secondary N) is 1. The quantitative estimate of drug-likeness (QED) is 0.652. The number of carbonyl (C=O) groups excluding carboxylic acids is 2. The zero-order valence-electron chi connectivity index (χ0n) is 15.7. The second kappa shape index (κ2) is 10.8. The lowest BCUT2D eigenvalue weighted by Crippen LogP contribution is -2.41. The van der Waals surface area contributed by atoms with Gasteiger partial charge < -0.3 is 19.7 Å². The van der Waals surface area contributed by atoms with Crippen molar-refractivity contribution in [3.05, 3.63) is 52.5 Å². The second-order valence-corrected chi connectivity index (χ2v) is 6.80. The number of hydrogen-bond donors (Lipinski definition) is 1. The third-order valence-corrected chi connectivity index (χ3v) is 4.37. The fourth-order valence-corrected chi connectivity index (χ4v) is 2.76. The number of nitrogens with zero attached hydrogens (tertiary/aromatic N) is 1. The molecule has 150 valence electrons. The van der Waals surface area contributed by atoms with Crippen LogP contribution in [0.5, 0.6) is 11.5 Å². The Kier molecular flexibility index (Phi) is 8.42. The van der Waals surface area contributed by atoms with Gasteiger partial charge in [-0.05, 0) is 48.9 Å². The lowest BCUT2D eigenvalue weighted by atomic mass is 10.3. The lowest BCUT2D eigenvalue weighted by Gasteiger charge is -2.22. The predicted octanol–water partition coefficient (Wildman–Crippen LogP) is 4.26. The van der Waals surface area contributed by atoms with Gasteiger partial charge in [-0.1, -0.05) is 30.1 Å². The Morgan fingerprint density at radius 1 is 1.07 bits per heavy atom. The van der Waals surface area contributed by atoms with Crippen LogP contribution in [0.25, 0.3) is 0 Å². The van der Waals surface area contributed by atoms with E-state index in [1.165, 1.54) is 4.90 Å². The van der Waals surface area contributed by atoms with Crippen molar-refractivity contribution < 1.29 is 19.1 Å². The van der Waals surface area contributed by atoms with Crippen LogP contribution >= 0.6 is 23.2 Å². The minimum Gasteiger partial charge on any atom is -0.497 e. The Hall–Kier alpha value is -2.44. The van der Waals surface area contributed by atoms with Gasteiger partial charge in [-0.3, -0.25) is 9.59 Å². The van der Waals surface area contributed by atoms with E-state index in [0.717, 1.165) is 0 Å². The highest BCUT2D eigenvalue weighted by Crippen LogP contribution is 2.25. The van der Waals surface area contributed by atoms with E-state index in [9.17, 15) is 9.59 Å². The van der Waals surface area contributed by atoms with E-state index in [0.29, 0.717) is 40.2 Å². The summed E-state index contributed by atoms with van der Waals surface area (Å²) in [4.78, 5) is 26.3. The van der Waals surface area contributed by atoms with Crippen LogP contribution in [0, 0.1) is 0 Å². The van der Waals surface area contributed by atoms with Crippen molar-refractivity contribution in [1.29, 1.82) is 0 Å². The highest BCUT2D eigenvalue weighted by atomic mass is 35.5. The molecule has 0 unspecified atom stereocenters. The molecule has 0 atom stereocenters. The van der Waals surface area contributed by atoms with Crippen LogP contribution in [0.3, 0.4) is 0 Å². The van der Waals surface area contributed by atoms with E-state index < -0.39 is 0 Å². The highest BCUT2D eigenvalue weighted by Gasteiger charge is 2.18. The molecule has 2 aromatic carbocycles. The standard InChI is InChI=1S/C20H22Cl2N2O4/c1-3-10-24(12-19(25)23-18-11-14(21)4-9-17(18)22)20(26)13-28-16-7-5-15(27-2)6-8-16/h4-9,11H,3,10,12-13H2,1-2H3,(H,23,25). The average molecular weight is 425 g/mol. The van der Waals surface area contributed by atoms with Gasteiger partial charge in [-0.25, -0.2) is 0 Å². The summed E-state index contributed by atoms with van der Waals surface area (Å²) >= 11 is 12.0. The maximum atomic E-state index is 12.5. The van der Waals surface area contributed by atoms with E-state index in [-0.39, 0.29) is 25.0 Å². The zero-order valence-corrected chi connectivity index (χ0v) is 17.2. The summed E-state index contributed by atoms with van der Waals surface area (Å²) in [6, 6.07) is 11.7. The number of ether oxygens (including phenoxy) is 2. The van der Waals surface area contributed by atoms with Gasteiger partial charge in [0.05, 0.1) is 24.4 Å². The third-order valence-electron chi connectivity index (χ3n) is 3.80. The number of halogens is 2. The minimum absolute atomic E-state index is 0.110. The number of benzene rings is 2. The van der Waals surface area contributed by atoms with Gasteiger partial charge >= 0.3 is 0 Å². The summed E-state index contributed by atoms with van der Waals surface area (Å²) in [6.45, 7) is 2.08. The van der Waals surface area contributed by atoms with Gasteiger partial charge in [-0.2, -0.15) is 0 Å². The molecule has 8 heteroatoms. The maximum absolute atomic E-state index is 12.5. The topological polar surface area (TPSA) is 67.9 Å². The van der Waals surface area contributed by atoms with Gasteiger partial charge in [0.2, 0.25) is 5.91 Å². The fourth-order valence-electron chi connectivity index (χ4n) is 2.43. The molecule has 0 aliphatic carbocycles. The molecule has 28 heavy (non-hydrogen) atoms. The van der Waals surface area contributed by atoms with Crippen molar-refractivity contribution in [2.75, 3.05) is 32.1 Å². The fraction of sp³-hybridized carbons (Fsp3) is 0.300. The molecule has 2 aromatic rings. The zero-order chi connectivity index (χ0) is 20.5. The molecule has 0 saturated heterocycles. The van der Waals surface area contributed by atoms with Crippen LogP contribution in [0.4, 0.5) is 5.69 Å². The number of carbonyl (C=O) groups is 2. The van der Waals surface area contributed by atoms with Gasteiger partial charge in [-0.15, -0.1) is 0 Å². The molecule has 0 bridgehead atoms. The molecule has 0 fully saturated rings. The largest absolute Gasteiger partial charge is 0.497 e. The number of anilines is 1. The first kappa shape index (κ1) is 21.9. The van der Waals surface area contributed by atoms with Crippen LogP contribution < -0.4 is 14.8 Å². The van der Waals surface area contributed by atoms with E-state index in [4.69, 9.17) is 32.7 Å². The Morgan fingerprint density at radius 3 is 2.39 bits per heavy atom. The van der Waals surface area contributed by atoms with E-state index >= 15 is 0 Å². The molecule has 6 nitrogen and oxygen atoms in total. The van der Waals surface area contributed by atoms with E-state index in [1.807, 2.05) is 6.92 Å². The summed E-state index contributed by atoms with van der Waals surface area (Å²) in [7, 11) is 1.57. The smallest absolute Gasteiger partial charge is 0.260 e. The first-order valence-corrected chi connectivity index (χ1v) is 9.48. The molecular formula is C20H22Cl2N2O4. The maximum Gasteiger partial charge on any atom is 0.260 e. The number of rotatable bonds is 9. The molecule has 2 amide bonds. The third kappa shape index (κ3) is 6.62. The normalized spacial score (nSPS) is 10.3. The van der Waals surface area contributed by atoms with Crippen LogP contribution in [0.15, 0.2) is 42.5 Å². The molecule has 0 heterocycles. The van der Waals surface area contributed by atoms with Gasteiger partial charge in [0, 0.05) is 11.6 Å². The average Bonchev–Trinajstić information content (AvgIpc) is 2.69.